The lowest BCUT2D eigenvalue weighted by atomic mass is 9.46. The number of hydrogen-bond acceptors (Lipinski definition) is 12. The summed E-state index contributed by atoms with van der Waals surface area (Å²) >= 11 is 0. The Kier molecular flexibility index (Phi) is 12.0. The number of amides is 4. The number of imide groups is 1. The second-order valence-electron chi connectivity index (χ2n) is 18.9. The monoisotopic (exact) mass is 877 g/mol. The van der Waals surface area contributed by atoms with Crippen molar-refractivity contribution in [3.63, 3.8) is 0 Å². The minimum absolute atomic E-state index is 0.0262. The highest BCUT2D eigenvalue weighted by Gasteiger charge is 2.76. The molecule has 4 amide bonds. The molecule has 0 aromatic heterocycles. The molecule has 15 heteroatoms. The van der Waals surface area contributed by atoms with Crippen molar-refractivity contribution in [3.8, 4) is 5.75 Å². The zero-order chi connectivity index (χ0) is 45.9. The van der Waals surface area contributed by atoms with Gasteiger partial charge in [0.05, 0.1) is 23.9 Å². The quantitative estimate of drug-likeness (QED) is 0.134. The number of allylic oxidation sites excluding steroid dienone is 4. The highest BCUT2D eigenvalue weighted by atomic mass is 16.7. The molecule has 1 saturated heterocycles. The number of phenols is 1. The Labute approximate surface area is 370 Å². The van der Waals surface area contributed by atoms with Gasteiger partial charge in [-0.25, -0.2) is 0 Å². The van der Waals surface area contributed by atoms with Crippen molar-refractivity contribution in [2.75, 3.05) is 18.5 Å². The van der Waals surface area contributed by atoms with Crippen LogP contribution in [-0.2, 0) is 49.5 Å². The van der Waals surface area contributed by atoms with E-state index >= 15 is 0 Å². The van der Waals surface area contributed by atoms with E-state index < -0.39 is 88.7 Å². The molecule has 0 unspecified atom stereocenters. The molecular formula is C49H55N3O12. The largest absolute Gasteiger partial charge is 0.506 e. The Morgan fingerprint density at radius 2 is 1.67 bits per heavy atom. The summed E-state index contributed by atoms with van der Waals surface area (Å²) in [7, 11) is 0. The lowest BCUT2D eigenvalue weighted by Crippen LogP contribution is -2.63. The van der Waals surface area contributed by atoms with Crippen LogP contribution in [0.1, 0.15) is 89.2 Å². The van der Waals surface area contributed by atoms with Gasteiger partial charge in [-0.15, -0.1) is 0 Å². The maximum Gasteiger partial charge on any atom is 0.253 e. The molecule has 2 aromatic carbocycles. The molecule has 6 aliphatic rings. The normalized spacial score (nSPS) is 32.2. The molecule has 4 fully saturated rings. The van der Waals surface area contributed by atoms with E-state index in [1.54, 1.807) is 31.2 Å². The summed E-state index contributed by atoms with van der Waals surface area (Å²) in [6.45, 7) is 6.29. The number of hydrogen-bond donors (Lipinski definition) is 5. The van der Waals surface area contributed by atoms with E-state index in [0.717, 1.165) is 46.6 Å². The van der Waals surface area contributed by atoms with Gasteiger partial charge in [-0.2, -0.15) is 0 Å². The van der Waals surface area contributed by atoms with Crippen LogP contribution >= 0.6 is 0 Å². The van der Waals surface area contributed by atoms with Crippen molar-refractivity contribution in [1.82, 2.24) is 10.2 Å². The van der Waals surface area contributed by atoms with E-state index in [9.17, 15) is 48.9 Å². The summed E-state index contributed by atoms with van der Waals surface area (Å²) in [6.07, 6.45) is 7.52. The second-order valence-corrected chi connectivity index (χ2v) is 18.9. The molecule has 0 radical (unpaired) electrons. The number of fused-ring (bicyclic) bond motifs is 7. The number of aromatic hydroxyl groups is 1. The molecule has 3 saturated carbocycles. The summed E-state index contributed by atoms with van der Waals surface area (Å²) in [6, 6.07) is 11.4. The predicted octanol–water partition coefficient (Wildman–Crippen LogP) is 3.94. The van der Waals surface area contributed by atoms with Gasteiger partial charge >= 0.3 is 0 Å². The summed E-state index contributed by atoms with van der Waals surface area (Å²) in [5.74, 6) is -4.05. The number of Topliss-reactive ketones (excluding diaryl/α,β-unsaturated/α-hetero) is 2. The average molecular weight is 878 g/mol. The molecule has 5 N–H and O–H groups in total. The predicted molar refractivity (Wildman–Crippen MR) is 230 cm³/mol. The van der Waals surface area contributed by atoms with Crippen LogP contribution in [0.4, 0.5) is 5.69 Å². The first kappa shape index (κ1) is 45.0. The molecule has 2 heterocycles. The maximum atomic E-state index is 14.0. The third-order valence-corrected chi connectivity index (χ3v) is 15.1. The molecule has 0 bridgehead atoms. The fraction of sp³-hybridized carbons (Fsp3) is 0.490. The molecule has 64 heavy (non-hydrogen) atoms. The lowest BCUT2D eigenvalue weighted by molar-refractivity contribution is -0.201. The van der Waals surface area contributed by atoms with Crippen molar-refractivity contribution in [3.05, 3.63) is 95.1 Å². The van der Waals surface area contributed by atoms with Crippen molar-refractivity contribution in [1.29, 1.82) is 0 Å². The third kappa shape index (κ3) is 7.75. The van der Waals surface area contributed by atoms with E-state index in [1.807, 2.05) is 37.3 Å². The minimum Gasteiger partial charge on any atom is -0.506 e. The van der Waals surface area contributed by atoms with Gasteiger partial charge in [-0.3, -0.25) is 38.5 Å². The van der Waals surface area contributed by atoms with E-state index in [4.69, 9.17) is 9.47 Å². The number of ether oxygens (including phenoxy) is 2. The number of carbonyl (C=O) groups excluding carboxylic acids is 7. The molecule has 338 valence electrons. The van der Waals surface area contributed by atoms with E-state index in [1.165, 1.54) is 13.0 Å². The van der Waals surface area contributed by atoms with Crippen molar-refractivity contribution >= 4 is 46.7 Å². The fourth-order valence-electron chi connectivity index (χ4n) is 11.7. The maximum absolute atomic E-state index is 14.0. The third-order valence-electron chi connectivity index (χ3n) is 15.1. The number of aliphatic hydroxyl groups is 2. The van der Waals surface area contributed by atoms with Gasteiger partial charge in [-0.05, 0) is 86.3 Å². The smallest absolute Gasteiger partial charge is 0.253 e. The summed E-state index contributed by atoms with van der Waals surface area (Å²) in [4.78, 5) is 89.1. The van der Waals surface area contributed by atoms with E-state index in [-0.39, 0.29) is 60.8 Å². The number of aliphatic hydroxyl groups excluding tert-OH is 2. The lowest BCUT2D eigenvalue weighted by Gasteiger charge is -2.59. The van der Waals surface area contributed by atoms with Gasteiger partial charge < -0.3 is 35.4 Å². The van der Waals surface area contributed by atoms with Gasteiger partial charge in [0.2, 0.25) is 11.8 Å². The highest BCUT2D eigenvalue weighted by molar-refractivity contribution is 6.13. The van der Waals surface area contributed by atoms with Crippen molar-refractivity contribution < 1.29 is 58.4 Å². The molecule has 0 spiro atoms. The molecule has 8 rings (SSSR count). The van der Waals surface area contributed by atoms with E-state index in [2.05, 4.69) is 17.6 Å². The van der Waals surface area contributed by atoms with Crippen molar-refractivity contribution in [2.45, 2.75) is 103 Å². The molecule has 2 aromatic rings. The number of nitrogens with one attached hydrogen (secondary N) is 2. The first-order valence-electron chi connectivity index (χ1n) is 22.1. The number of nitrogens with zero attached hydrogens (tertiary/aromatic N) is 1. The van der Waals surface area contributed by atoms with Crippen LogP contribution in [0.25, 0.3) is 0 Å². The van der Waals surface area contributed by atoms with Crippen LogP contribution in [0, 0.1) is 34.5 Å². The molecular weight excluding hydrogens is 823 g/mol. The van der Waals surface area contributed by atoms with Gasteiger partial charge in [-0.1, -0.05) is 62.8 Å². The zero-order valence-electron chi connectivity index (χ0n) is 36.4. The fourth-order valence-corrected chi connectivity index (χ4v) is 11.7. The Morgan fingerprint density at radius 3 is 2.38 bits per heavy atom. The Balaban J connectivity index is 0.882. The van der Waals surface area contributed by atoms with Crippen LogP contribution in [0.5, 0.6) is 5.75 Å². The standard InChI is InChI=1S/C49H55N3O12/c1-26(19-37(56)27(2)50-41(59)16-18-52-42(60)13-14-43(52)61)45(62)51-35-21-29(7-12-36(35)55)20-28-5-8-30(9-6-28)46-63-40-23-34-33-11-10-31-22-32(54)15-17-47(31,3)44(33)38(57)24-48(34,4)49(40,64-46)39(58)25-53/h5-9,12-15,17,21-22,26-27,33-34,38,40,44,46,53,55,57H,10-11,16,18-20,23-25H2,1-4H3,(H,50,59)(H,51,62)/t26-,27+,33+,34+,38+,40-,44-,46-,47+,48+,49-/m1/s1. The van der Waals surface area contributed by atoms with Crippen LogP contribution in [-0.4, -0.2) is 98.2 Å². The van der Waals surface area contributed by atoms with Crippen LogP contribution < -0.4 is 10.6 Å². The molecule has 4 aliphatic carbocycles. The Morgan fingerprint density at radius 1 is 0.969 bits per heavy atom. The van der Waals surface area contributed by atoms with Gasteiger partial charge in [0.15, 0.2) is 29.2 Å². The number of ketones is 3. The van der Waals surface area contributed by atoms with Crippen molar-refractivity contribution in [2.24, 2.45) is 34.5 Å². The van der Waals surface area contributed by atoms with Gasteiger partial charge in [0, 0.05) is 59.8 Å². The molecule has 11 atom stereocenters. The van der Waals surface area contributed by atoms with Gasteiger partial charge in [0.25, 0.3) is 11.8 Å². The Hall–Kier alpha value is -5.61. The van der Waals surface area contributed by atoms with E-state index in [0.29, 0.717) is 18.4 Å². The number of benzene rings is 2. The minimum atomic E-state index is -1.47. The first-order chi connectivity index (χ1) is 30.4. The summed E-state index contributed by atoms with van der Waals surface area (Å²) in [5.41, 5.74) is 0.767. The molecule has 15 nitrogen and oxygen atoms in total. The Bertz CT molecular complexity index is 2370. The topological polar surface area (TPSA) is 226 Å². The zero-order valence-corrected chi connectivity index (χ0v) is 36.4. The SMILES string of the molecule is C[C@H](CC(=O)[C@H](C)NC(=O)CCN1C(=O)C=CC1=O)C(=O)Nc1cc(Cc2ccc([C@@H]3O[C@@H]4C[C@H]5[C@@H]6CCC7=CC(=O)C=C[C@]7(C)[C@H]6[C@@H](O)C[C@]5(C)[C@]4(C(=O)CO)O3)cc2)ccc1O. The highest BCUT2D eigenvalue weighted by Crippen LogP contribution is 2.70. The van der Waals surface area contributed by atoms with Crippen LogP contribution in [0.15, 0.2) is 78.4 Å². The van der Waals surface area contributed by atoms with Crippen LogP contribution in [0.3, 0.4) is 0 Å². The number of phenolic OH excluding ortho intramolecular Hbond substituents is 1. The first-order valence-corrected chi connectivity index (χ1v) is 22.1. The van der Waals surface area contributed by atoms with Crippen LogP contribution in [0.2, 0.25) is 0 Å². The summed E-state index contributed by atoms with van der Waals surface area (Å²) < 4.78 is 13.4. The number of carbonyl (C=O) groups is 7. The van der Waals surface area contributed by atoms with Gasteiger partial charge in [0.1, 0.15) is 12.4 Å². The number of rotatable bonds is 14. The number of anilines is 1. The second kappa shape index (κ2) is 17.1. The molecule has 2 aliphatic heterocycles. The average Bonchev–Trinajstić information content (AvgIpc) is 3.88. The summed E-state index contributed by atoms with van der Waals surface area (Å²) in [5, 5.41) is 38.2.